The van der Waals surface area contributed by atoms with E-state index in [2.05, 4.69) is 10.2 Å². The molecule has 112 valence electrons. The van der Waals surface area contributed by atoms with Gasteiger partial charge < -0.3 is 4.74 Å². The second kappa shape index (κ2) is 6.22. The highest BCUT2D eigenvalue weighted by molar-refractivity contribution is 7.15. The van der Waals surface area contributed by atoms with Crippen molar-refractivity contribution < 1.29 is 9.53 Å². The largest absolute Gasteiger partial charge is 0.371 e. The molecule has 22 heavy (non-hydrogen) atoms. The molecule has 1 aliphatic heterocycles. The fourth-order valence-electron chi connectivity index (χ4n) is 2.23. The molecule has 2 aromatic rings. The molecule has 1 aromatic heterocycles. The second-order valence-electron chi connectivity index (χ2n) is 4.98. The summed E-state index contributed by atoms with van der Waals surface area (Å²) in [6.07, 6.45) is 1.98. The normalized spacial score (nSPS) is 17.2. The van der Waals surface area contributed by atoms with E-state index in [1.165, 1.54) is 16.2 Å². The summed E-state index contributed by atoms with van der Waals surface area (Å²) in [6.45, 7) is 0.750. The van der Waals surface area contributed by atoms with E-state index in [0.717, 1.165) is 24.5 Å². The summed E-state index contributed by atoms with van der Waals surface area (Å²) in [4.78, 5) is 13.9. The quantitative estimate of drug-likeness (QED) is 0.870. The molecule has 2 heterocycles. The van der Waals surface area contributed by atoms with Gasteiger partial charge in [-0.3, -0.25) is 9.69 Å². The molecule has 0 unspecified atom stereocenters. The molecule has 0 radical (unpaired) electrons. The maximum Gasteiger partial charge on any atom is 0.259 e. The molecule has 0 N–H and O–H groups in total. The van der Waals surface area contributed by atoms with Crippen molar-refractivity contribution in [3.05, 3.63) is 40.4 Å². The SMILES string of the molecule is CN(C(=O)c1ccc(C#N)cc1)c1nnc([C@@H]2CCCO2)s1. The van der Waals surface area contributed by atoms with E-state index in [1.54, 1.807) is 31.3 Å². The average Bonchev–Trinajstić information content (AvgIpc) is 3.24. The Labute approximate surface area is 132 Å². The number of carbonyl (C=O) groups excluding carboxylic acids is 1. The van der Waals surface area contributed by atoms with Crippen LogP contribution in [0, 0.1) is 11.3 Å². The van der Waals surface area contributed by atoms with E-state index in [1.807, 2.05) is 6.07 Å². The fourth-order valence-corrected chi connectivity index (χ4v) is 3.12. The summed E-state index contributed by atoms with van der Waals surface area (Å²) in [5, 5.41) is 18.4. The lowest BCUT2D eigenvalue weighted by Gasteiger charge is -2.13. The lowest BCUT2D eigenvalue weighted by Crippen LogP contribution is -2.26. The van der Waals surface area contributed by atoms with E-state index in [4.69, 9.17) is 10.00 Å². The smallest absolute Gasteiger partial charge is 0.259 e. The van der Waals surface area contributed by atoms with Crippen LogP contribution in [0.15, 0.2) is 24.3 Å². The summed E-state index contributed by atoms with van der Waals surface area (Å²) < 4.78 is 5.58. The van der Waals surface area contributed by atoms with Crippen LogP contribution < -0.4 is 4.90 Å². The molecule has 0 spiro atoms. The van der Waals surface area contributed by atoms with Gasteiger partial charge in [0.1, 0.15) is 11.1 Å². The molecule has 0 saturated carbocycles. The third-order valence-corrected chi connectivity index (χ3v) is 4.58. The van der Waals surface area contributed by atoms with Crippen LogP contribution in [0.5, 0.6) is 0 Å². The number of nitrogens with zero attached hydrogens (tertiary/aromatic N) is 4. The predicted molar refractivity (Wildman–Crippen MR) is 81.7 cm³/mol. The average molecular weight is 314 g/mol. The Morgan fingerprint density at radius 2 is 2.18 bits per heavy atom. The van der Waals surface area contributed by atoms with E-state index >= 15 is 0 Å². The van der Waals surface area contributed by atoms with Gasteiger partial charge in [-0.25, -0.2) is 0 Å². The summed E-state index contributed by atoms with van der Waals surface area (Å²) >= 11 is 1.37. The Kier molecular flexibility index (Phi) is 4.13. The Bertz CT molecular complexity index is 714. The number of amides is 1. The van der Waals surface area contributed by atoms with Gasteiger partial charge in [0.25, 0.3) is 5.91 Å². The fraction of sp³-hybridized carbons (Fsp3) is 0.333. The third-order valence-electron chi connectivity index (χ3n) is 3.49. The van der Waals surface area contributed by atoms with Crippen LogP contribution in [0.3, 0.4) is 0 Å². The number of anilines is 1. The van der Waals surface area contributed by atoms with Gasteiger partial charge in [-0.15, -0.1) is 10.2 Å². The van der Waals surface area contributed by atoms with Crippen molar-refractivity contribution in [2.75, 3.05) is 18.6 Å². The number of carbonyl (C=O) groups is 1. The van der Waals surface area contributed by atoms with Gasteiger partial charge in [0.2, 0.25) is 5.13 Å². The standard InChI is InChI=1S/C15H14N4O2S/c1-19(14(20)11-6-4-10(9-16)5-7-11)15-18-17-13(22-15)12-3-2-8-21-12/h4-7,12H,2-3,8H2,1H3/t12-/m0/s1. The first-order valence-corrected chi connectivity index (χ1v) is 7.74. The van der Waals surface area contributed by atoms with Crippen molar-refractivity contribution in [3.8, 4) is 6.07 Å². The number of aromatic nitrogens is 2. The molecule has 1 aromatic carbocycles. The highest BCUT2D eigenvalue weighted by Crippen LogP contribution is 2.33. The molecule has 1 amide bonds. The van der Waals surface area contributed by atoms with Crippen LogP contribution in [0.4, 0.5) is 5.13 Å². The van der Waals surface area contributed by atoms with Gasteiger partial charge >= 0.3 is 0 Å². The van der Waals surface area contributed by atoms with Crippen molar-refractivity contribution >= 4 is 22.4 Å². The van der Waals surface area contributed by atoms with Crippen LogP contribution >= 0.6 is 11.3 Å². The van der Waals surface area contributed by atoms with Crippen LogP contribution in [-0.2, 0) is 4.74 Å². The van der Waals surface area contributed by atoms with E-state index in [9.17, 15) is 4.79 Å². The van der Waals surface area contributed by atoms with Gasteiger partial charge in [0.15, 0.2) is 0 Å². The Morgan fingerprint density at radius 1 is 1.41 bits per heavy atom. The number of nitriles is 1. The molecule has 0 aliphatic carbocycles. The lowest BCUT2D eigenvalue weighted by molar-refractivity contribution is 0.0993. The van der Waals surface area contributed by atoms with Crippen LogP contribution in [0.2, 0.25) is 0 Å². The Morgan fingerprint density at radius 3 is 2.82 bits per heavy atom. The summed E-state index contributed by atoms with van der Waals surface area (Å²) in [5.41, 5.74) is 1.03. The molecule has 1 atom stereocenters. The summed E-state index contributed by atoms with van der Waals surface area (Å²) in [6, 6.07) is 8.55. The van der Waals surface area contributed by atoms with Crippen molar-refractivity contribution in [2.24, 2.45) is 0 Å². The topological polar surface area (TPSA) is 79.1 Å². The maximum atomic E-state index is 12.4. The highest BCUT2D eigenvalue weighted by Gasteiger charge is 2.24. The van der Waals surface area contributed by atoms with Crippen LogP contribution in [-0.4, -0.2) is 29.8 Å². The molecular formula is C15H14N4O2S. The van der Waals surface area contributed by atoms with Crippen LogP contribution in [0.25, 0.3) is 0 Å². The molecule has 1 fully saturated rings. The monoisotopic (exact) mass is 314 g/mol. The highest BCUT2D eigenvalue weighted by atomic mass is 32.1. The van der Waals surface area contributed by atoms with E-state index in [0.29, 0.717) is 16.3 Å². The van der Waals surface area contributed by atoms with Crippen molar-refractivity contribution in [1.29, 1.82) is 5.26 Å². The van der Waals surface area contributed by atoms with Crippen molar-refractivity contribution in [3.63, 3.8) is 0 Å². The number of benzene rings is 1. The van der Waals surface area contributed by atoms with Gasteiger partial charge in [-0.05, 0) is 37.1 Å². The first-order valence-electron chi connectivity index (χ1n) is 6.92. The Balaban J connectivity index is 1.76. The van der Waals surface area contributed by atoms with Gasteiger partial charge in [0, 0.05) is 19.2 Å². The zero-order valence-electron chi connectivity index (χ0n) is 12.0. The minimum atomic E-state index is -0.181. The minimum absolute atomic E-state index is 0.00432. The van der Waals surface area contributed by atoms with E-state index in [-0.39, 0.29) is 12.0 Å². The first kappa shape index (κ1) is 14.6. The molecule has 7 heteroatoms. The first-order chi connectivity index (χ1) is 10.7. The summed E-state index contributed by atoms with van der Waals surface area (Å²) in [7, 11) is 1.67. The van der Waals surface area contributed by atoms with Crippen molar-refractivity contribution in [1.82, 2.24) is 10.2 Å². The van der Waals surface area contributed by atoms with Crippen LogP contribution in [0.1, 0.15) is 39.9 Å². The lowest BCUT2D eigenvalue weighted by atomic mass is 10.1. The second-order valence-corrected chi connectivity index (χ2v) is 5.97. The molecule has 0 bridgehead atoms. The molecule has 6 nitrogen and oxygen atoms in total. The number of hydrogen-bond donors (Lipinski definition) is 0. The molecule has 1 aliphatic rings. The Hall–Kier alpha value is -2.30. The number of hydrogen-bond acceptors (Lipinski definition) is 6. The number of rotatable bonds is 3. The summed E-state index contributed by atoms with van der Waals surface area (Å²) in [5.74, 6) is -0.181. The van der Waals surface area contributed by atoms with Gasteiger partial charge in [-0.1, -0.05) is 11.3 Å². The van der Waals surface area contributed by atoms with E-state index < -0.39 is 0 Å². The zero-order chi connectivity index (χ0) is 15.5. The third kappa shape index (κ3) is 2.84. The van der Waals surface area contributed by atoms with Crippen molar-refractivity contribution in [2.45, 2.75) is 18.9 Å². The molecular weight excluding hydrogens is 300 g/mol. The minimum Gasteiger partial charge on any atom is -0.371 e. The van der Waals surface area contributed by atoms with Gasteiger partial charge in [0.05, 0.1) is 11.6 Å². The molecule has 3 rings (SSSR count). The zero-order valence-corrected chi connectivity index (χ0v) is 12.8. The predicted octanol–water partition coefficient (Wildman–Crippen LogP) is 2.54. The maximum absolute atomic E-state index is 12.4. The van der Waals surface area contributed by atoms with Gasteiger partial charge in [-0.2, -0.15) is 5.26 Å². The number of ether oxygens (including phenoxy) is 1. The molecule has 1 saturated heterocycles.